The summed E-state index contributed by atoms with van der Waals surface area (Å²) in [6.07, 6.45) is 10.1. The Morgan fingerprint density at radius 1 is 0.795 bits per heavy atom. The lowest BCUT2D eigenvalue weighted by atomic mass is 10.1. The zero-order chi connectivity index (χ0) is 26.6. The molecule has 1 fully saturated rings. The molecular weight excluding hydrogens is 493 g/mol. The Morgan fingerprint density at radius 2 is 1.59 bits per heavy atom. The van der Waals surface area contributed by atoms with Crippen LogP contribution in [0.5, 0.6) is 0 Å². The first-order valence-corrected chi connectivity index (χ1v) is 13.1. The summed E-state index contributed by atoms with van der Waals surface area (Å²) in [6, 6.07) is 17.0. The van der Waals surface area contributed by atoms with Crippen LogP contribution in [0.15, 0.2) is 90.2 Å². The first-order chi connectivity index (χ1) is 19.1. The van der Waals surface area contributed by atoms with Crippen LogP contribution in [0, 0.1) is 5.82 Å². The highest BCUT2D eigenvalue weighted by Gasteiger charge is 2.12. The molecule has 5 aromatic rings. The van der Waals surface area contributed by atoms with E-state index in [4.69, 9.17) is 0 Å². The molecule has 2 aromatic carbocycles. The molecule has 4 heterocycles. The van der Waals surface area contributed by atoms with Gasteiger partial charge in [0.15, 0.2) is 5.82 Å². The quantitative estimate of drug-likeness (QED) is 0.299. The zero-order valence-corrected chi connectivity index (χ0v) is 21.4. The summed E-state index contributed by atoms with van der Waals surface area (Å²) in [5.41, 5.74) is 4.53. The van der Waals surface area contributed by atoms with Gasteiger partial charge in [-0.2, -0.15) is 10.2 Å². The molecule has 0 unspecified atom stereocenters. The van der Waals surface area contributed by atoms with Crippen molar-refractivity contribution in [3.63, 3.8) is 0 Å². The van der Waals surface area contributed by atoms with E-state index in [0.717, 1.165) is 35.3 Å². The standard InChI is InChI=1S/C30H28FN7O/c31-27-8-4-6-23(16-27)28-9-10-29(39)38(35-28)20-22-5-3-7-24(15-22)30-32-17-25(18-33-30)26-19-34-37(21-26)14-13-36-11-1-2-12-36/h3-10,15-19,21H,1-2,11-14,20H2. The number of hydrogen-bond acceptors (Lipinski definition) is 6. The van der Waals surface area contributed by atoms with E-state index >= 15 is 0 Å². The van der Waals surface area contributed by atoms with E-state index in [1.807, 2.05) is 53.7 Å². The summed E-state index contributed by atoms with van der Waals surface area (Å²) in [7, 11) is 0. The largest absolute Gasteiger partial charge is 0.301 e. The van der Waals surface area contributed by atoms with Crippen LogP contribution in [0.25, 0.3) is 33.8 Å². The molecule has 0 aliphatic carbocycles. The van der Waals surface area contributed by atoms with Gasteiger partial charge < -0.3 is 4.90 Å². The molecule has 0 atom stereocenters. The zero-order valence-electron chi connectivity index (χ0n) is 21.4. The van der Waals surface area contributed by atoms with Crippen molar-refractivity contribution in [3.05, 3.63) is 107 Å². The van der Waals surface area contributed by atoms with Crippen molar-refractivity contribution in [1.82, 2.24) is 34.4 Å². The number of benzene rings is 2. The summed E-state index contributed by atoms with van der Waals surface area (Å²) in [4.78, 5) is 24.2. The fourth-order valence-corrected chi connectivity index (χ4v) is 4.86. The average molecular weight is 522 g/mol. The van der Waals surface area contributed by atoms with Gasteiger partial charge in [-0.3, -0.25) is 9.48 Å². The van der Waals surface area contributed by atoms with Crippen LogP contribution in [-0.2, 0) is 13.1 Å². The minimum absolute atomic E-state index is 0.234. The Bertz CT molecular complexity index is 1640. The minimum atomic E-state index is -0.350. The molecular formula is C30H28FN7O. The van der Waals surface area contributed by atoms with Crippen molar-refractivity contribution in [1.29, 1.82) is 0 Å². The third-order valence-electron chi connectivity index (χ3n) is 6.97. The summed E-state index contributed by atoms with van der Waals surface area (Å²) in [5, 5.41) is 8.96. The smallest absolute Gasteiger partial charge is 0.267 e. The predicted molar refractivity (Wildman–Crippen MR) is 147 cm³/mol. The van der Waals surface area contributed by atoms with Crippen molar-refractivity contribution in [2.45, 2.75) is 25.9 Å². The van der Waals surface area contributed by atoms with E-state index in [0.29, 0.717) is 17.1 Å². The van der Waals surface area contributed by atoms with Gasteiger partial charge in [0.05, 0.1) is 25.0 Å². The Labute approximate surface area is 225 Å². The van der Waals surface area contributed by atoms with Crippen LogP contribution in [0.2, 0.25) is 0 Å². The lowest BCUT2D eigenvalue weighted by Crippen LogP contribution is -2.24. The minimum Gasteiger partial charge on any atom is -0.301 e. The number of rotatable bonds is 8. The fourth-order valence-electron chi connectivity index (χ4n) is 4.86. The topological polar surface area (TPSA) is 81.7 Å². The average Bonchev–Trinajstić information content (AvgIpc) is 3.66. The maximum atomic E-state index is 13.7. The monoisotopic (exact) mass is 521 g/mol. The predicted octanol–water partition coefficient (Wildman–Crippen LogP) is 4.51. The molecule has 8 nitrogen and oxygen atoms in total. The van der Waals surface area contributed by atoms with E-state index in [2.05, 4.69) is 25.1 Å². The van der Waals surface area contributed by atoms with E-state index in [9.17, 15) is 9.18 Å². The normalized spacial score (nSPS) is 13.7. The van der Waals surface area contributed by atoms with Crippen LogP contribution in [0.4, 0.5) is 4.39 Å². The van der Waals surface area contributed by atoms with E-state index in [1.54, 1.807) is 18.2 Å². The number of halogens is 1. The van der Waals surface area contributed by atoms with Crippen LogP contribution >= 0.6 is 0 Å². The molecule has 0 spiro atoms. The number of nitrogens with zero attached hydrogens (tertiary/aromatic N) is 7. The molecule has 0 N–H and O–H groups in total. The maximum Gasteiger partial charge on any atom is 0.267 e. The van der Waals surface area contributed by atoms with Gasteiger partial charge in [0, 0.05) is 53.5 Å². The van der Waals surface area contributed by atoms with Gasteiger partial charge in [0.2, 0.25) is 0 Å². The second kappa shape index (κ2) is 11.1. The first kappa shape index (κ1) is 24.8. The molecule has 1 aliphatic rings. The highest BCUT2D eigenvalue weighted by molar-refractivity contribution is 5.63. The van der Waals surface area contributed by atoms with Gasteiger partial charge in [-0.05, 0) is 55.8 Å². The highest BCUT2D eigenvalue weighted by Crippen LogP contribution is 2.22. The fraction of sp³-hybridized carbons (Fsp3) is 0.233. The molecule has 0 radical (unpaired) electrons. The Balaban J connectivity index is 1.16. The Morgan fingerprint density at radius 3 is 2.41 bits per heavy atom. The molecule has 196 valence electrons. The third-order valence-corrected chi connectivity index (χ3v) is 6.97. The van der Waals surface area contributed by atoms with Crippen molar-refractivity contribution in [2.75, 3.05) is 19.6 Å². The number of aromatic nitrogens is 6. The molecule has 1 saturated heterocycles. The molecule has 6 rings (SSSR count). The SMILES string of the molecule is O=c1ccc(-c2cccc(F)c2)nn1Cc1cccc(-c2ncc(-c3cnn(CCN4CCCC4)c3)cn2)c1. The number of likely N-dealkylation sites (tertiary alicyclic amines) is 1. The van der Waals surface area contributed by atoms with Crippen LogP contribution in [-0.4, -0.2) is 54.1 Å². The van der Waals surface area contributed by atoms with Gasteiger partial charge in [-0.1, -0.05) is 30.3 Å². The molecule has 0 bridgehead atoms. The van der Waals surface area contributed by atoms with E-state index in [-0.39, 0.29) is 17.9 Å². The second-order valence-electron chi connectivity index (χ2n) is 9.76. The molecule has 1 aliphatic heterocycles. The van der Waals surface area contributed by atoms with E-state index < -0.39 is 0 Å². The van der Waals surface area contributed by atoms with Gasteiger partial charge in [0.1, 0.15) is 5.82 Å². The summed E-state index contributed by atoms with van der Waals surface area (Å²) < 4.78 is 17.0. The van der Waals surface area contributed by atoms with Gasteiger partial charge >= 0.3 is 0 Å². The lowest BCUT2D eigenvalue weighted by Gasteiger charge is -2.13. The van der Waals surface area contributed by atoms with Crippen molar-refractivity contribution in [2.24, 2.45) is 0 Å². The van der Waals surface area contributed by atoms with Crippen LogP contribution in [0.1, 0.15) is 18.4 Å². The van der Waals surface area contributed by atoms with E-state index in [1.165, 1.54) is 48.8 Å². The first-order valence-electron chi connectivity index (χ1n) is 13.1. The summed E-state index contributed by atoms with van der Waals surface area (Å²) >= 11 is 0. The van der Waals surface area contributed by atoms with Crippen molar-refractivity contribution in [3.8, 4) is 33.8 Å². The van der Waals surface area contributed by atoms with Gasteiger partial charge in [-0.25, -0.2) is 19.0 Å². The van der Waals surface area contributed by atoms with Gasteiger partial charge in [-0.15, -0.1) is 0 Å². The highest BCUT2D eigenvalue weighted by atomic mass is 19.1. The Hall–Kier alpha value is -4.50. The van der Waals surface area contributed by atoms with Gasteiger partial charge in [0.25, 0.3) is 5.56 Å². The van der Waals surface area contributed by atoms with Crippen LogP contribution in [0.3, 0.4) is 0 Å². The number of hydrogen-bond donors (Lipinski definition) is 0. The molecule has 39 heavy (non-hydrogen) atoms. The second-order valence-corrected chi connectivity index (χ2v) is 9.76. The van der Waals surface area contributed by atoms with Crippen molar-refractivity contribution < 1.29 is 4.39 Å². The molecule has 9 heteroatoms. The maximum absolute atomic E-state index is 13.7. The van der Waals surface area contributed by atoms with Crippen molar-refractivity contribution >= 4 is 0 Å². The lowest BCUT2D eigenvalue weighted by molar-refractivity contribution is 0.316. The third kappa shape index (κ3) is 5.83. The summed E-state index contributed by atoms with van der Waals surface area (Å²) in [6.45, 7) is 4.52. The Kier molecular flexibility index (Phi) is 7.05. The molecule has 0 saturated carbocycles. The molecule has 3 aromatic heterocycles. The van der Waals surface area contributed by atoms with Crippen LogP contribution < -0.4 is 5.56 Å². The summed E-state index contributed by atoms with van der Waals surface area (Å²) in [5.74, 6) is 0.243. The molecule has 0 amide bonds.